The first kappa shape index (κ1) is 15.3. The lowest BCUT2D eigenvalue weighted by Crippen LogP contribution is -1.95. The first-order chi connectivity index (χ1) is 13.9. The first-order valence-electron chi connectivity index (χ1n) is 9.56. The highest BCUT2D eigenvalue weighted by Crippen LogP contribution is 2.42. The second kappa shape index (κ2) is 5.86. The van der Waals surface area contributed by atoms with Crippen LogP contribution in [0.25, 0.3) is 49.5 Å². The number of rotatable bonds is 2. The highest BCUT2D eigenvalue weighted by Gasteiger charge is 2.19. The minimum absolute atomic E-state index is 1.17. The molecule has 0 atom stereocenters. The third-order valence-corrected chi connectivity index (χ3v) is 5.57. The molecule has 2 heterocycles. The monoisotopic (exact) mass is 358 g/mol. The van der Waals surface area contributed by atoms with Crippen molar-refractivity contribution < 1.29 is 0 Å². The van der Waals surface area contributed by atoms with Crippen molar-refractivity contribution in [2.24, 2.45) is 0 Å². The summed E-state index contributed by atoms with van der Waals surface area (Å²) < 4.78 is 2.40. The van der Waals surface area contributed by atoms with Gasteiger partial charge in [0, 0.05) is 39.1 Å². The molecule has 0 amide bonds. The van der Waals surface area contributed by atoms with E-state index in [1.807, 2.05) is 6.20 Å². The molecule has 132 valence electrons. The van der Waals surface area contributed by atoms with E-state index in [1.165, 1.54) is 49.5 Å². The van der Waals surface area contributed by atoms with Crippen LogP contribution in [0.2, 0.25) is 0 Å². The molecule has 0 unspecified atom stereocenters. The molecule has 0 bridgehead atoms. The highest BCUT2D eigenvalue weighted by molar-refractivity contribution is 6.24. The summed E-state index contributed by atoms with van der Waals surface area (Å²) in [5.41, 5.74) is 7.30. The van der Waals surface area contributed by atoms with Gasteiger partial charge in [0.25, 0.3) is 0 Å². The maximum Gasteiger partial charge on any atom is 0.0627 e. The van der Waals surface area contributed by atoms with Gasteiger partial charge in [-0.15, -0.1) is 0 Å². The molecular weight excluding hydrogens is 340 g/mol. The molecule has 0 saturated heterocycles. The Hall–Kier alpha value is -3.78. The van der Waals surface area contributed by atoms with Crippen LogP contribution in [0.15, 0.2) is 103 Å². The van der Waals surface area contributed by atoms with Gasteiger partial charge < -0.3 is 9.55 Å². The summed E-state index contributed by atoms with van der Waals surface area (Å²) in [6.45, 7) is 0. The third kappa shape index (κ3) is 2.09. The van der Waals surface area contributed by atoms with E-state index < -0.39 is 0 Å². The fourth-order valence-corrected chi connectivity index (χ4v) is 4.38. The zero-order chi connectivity index (χ0) is 18.5. The molecule has 2 heteroatoms. The number of aromatic amines is 1. The number of hydrogen-bond acceptors (Lipinski definition) is 0. The quantitative estimate of drug-likeness (QED) is 0.346. The summed E-state index contributed by atoms with van der Waals surface area (Å²) in [5.74, 6) is 0. The number of para-hydroxylation sites is 2. The van der Waals surface area contributed by atoms with Crippen molar-refractivity contribution in [3.05, 3.63) is 103 Å². The number of aromatic nitrogens is 2. The molecule has 1 N–H and O–H groups in total. The lowest BCUT2D eigenvalue weighted by molar-refractivity contribution is 1.18. The number of benzene rings is 4. The summed E-state index contributed by atoms with van der Waals surface area (Å²) in [6, 6.07) is 34.5. The van der Waals surface area contributed by atoms with Crippen LogP contribution in [-0.2, 0) is 0 Å². The molecule has 0 aliphatic rings. The van der Waals surface area contributed by atoms with Crippen molar-refractivity contribution in [3.63, 3.8) is 0 Å². The summed E-state index contributed by atoms with van der Waals surface area (Å²) >= 11 is 0. The molecular formula is C26H18N2. The van der Waals surface area contributed by atoms with E-state index >= 15 is 0 Å². The molecule has 0 fully saturated rings. The standard InChI is InChI=1S/C26H18N2/c1-3-9-18(10-4-1)22-17-23-20(15-16-27-23)25-21-13-7-8-14-24(21)28(26(22)25)19-11-5-2-6-12-19/h1-17,27H. The Balaban J connectivity index is 1.92. The van der Waals surface area contributed by atoms with Crippen LogP contribution in [0.3, 0.4) is 0 Å². The molecule has 0 spiro atoms. The number of H-pyrrole nitrogens is 1. The van der Waals surface area contributed by atoms with E-state index in [4.69, 9.17) is 0 Å². The van der Waals surface area contributed by atoms with E-state index in [0.717, 1.165) is 0 Å². The third-order valence-electron chi connectivity index (χ3n) is 5.57. The van der Waals surface area contributed by atoms with Crippen molar-refractivity contribution in [1.29, 1.82) is 0 Å². The minimum atomic E-state index is 1.17. The zero-order valence-electron chi connectivity index (χ0n) is 15.3. The van der Waals surface area contributed by atoms with Crippen molar-refractivity contribution >= 4 is 32.7 Å². The lowest BCUT2D eigenvalue weighted by atomic mass is 9.99. The average molecular weight is 358 g/mol. The maximum atomic E-state index is 3.43. The maximum absolute atomic E-state index is 3.43. The molecule has 0 aliphatic heterocycles. The SMILES string of the molecule is c1ccc(-c2cc3[nH]ccc3c3c4ccccc4n(-c4ccccc4)c23)cc1. The van der Waals surface area contributed by atoms with E-state index in [9.17, 15) is 0 Å². The van der Waals surface area contributed by atoms with Gasteiger partial charge in [-0.25, -0.2) is 0 Å². The zero-order valence-corrected chi connectivity index (χ0v) is 15.3. The number of fused-ring (bicyclic) bond motifs is 5. The van der Waals surface area contributed by atoms with Gasteiger partial charge in [-0.05, 0) is 35.9 Å². The van der Waals surface area contributed by atoms with Gasteiger partial charge in [-0.2, -0.15) is 0 Å². The minimum Gasteiger partial charge on any atom is -0.361 e. The van der Waals surface area contributed by atoms with Gasteiger partial charge >= 0.3 is 0 Å². The topological polar surface area (TPSA) is 20.7 Å². The first-order valence-corrected chi connectivity index (χ1v) is 9.56. The molecule has 2 nitrogen and oxygen atoms in total. The summed E-state index contributed by atoms with van der Waals surface area (Å²) in [4.78, 5) is 3.43. The van der Waals surface area contributed by atoms with E-state index in [1.54, 1.807) is 0 Å². The Morgan fingerprint density at radius 1 is 0.643 bits per heavy atom. The molecule has 0 aliphatic carbocycles. The molecule has 0 radical (unpaired) electrons. The van der Waals surface area contributed by atoms with Gasteiger partial charge in [-0.3, -0.25) is 0 Å². The van der Waals surface area contributed by atoms with Crippen molar-refractivity contribution in [1.82, 2.24) is 9.55 Å². The number of nitrogens with one attached hydrogen (secondary N) is 1. The Morgan fingerprint density at radius 2 is 1.36 bits per heavy atom. The fourth-order valence-electron chi connectivity index (χ4n) is 4.38. The second-order valence-electron chi connectivity index (χ2n) is 7.14. The van der Waals surface area contributed by atoms with Crippen LogP contribution in [0.4, 0.5) is 0 Å². The second-order valence-corrected chi connectivity index (χ2v) is 7.14. The molecule has 4 aromatic carbocycles. The summed E-state index contributed by atoms with van der Waals surface area (Å²) in [7, 11) is 0. The van der Waals surface area contributed by atoms with E-state index in [0.29, 0.717) is 0 Å². The van der Waals surface area contributed by atoms with Crippen LogP contribution in [0.5, 0.6) is 0 Å². The number of nitrogens with zero attached hydrogens (tertiary/aromatic N) is 1. The smallest absolute Gasteiger partial charge is 0.0627 e. The van der Waals surface area contributed by atoms with Crippen molar-refractivity contribution in [3.8, 4) is 16.8 Å². The van der Waals surface area contributed by atoms with Crippen LogP contribution in [0, 0.1) is 0 Å². The number of hydrogen-bond donors (Lipinski definition) is 1. The lowest BCUT2D eigenvalue weighted by Gasteiger charge is -2.12. The van der Waals surface area contributed by atoms with Gasteiger partial charge in [0.2, 0.25) is 0 Å². The Labute approximate surface area is 162 Å². The Kier molecular flexibility index (Phi) is 3.20. The predicted molar refractivity (Wildman–Crippen MR) is 118 cm³/mol. The van der Waals surface area contributed by atoms with Gasteiger partial charge in [0.1, 0.15) is 0 Å². The molecule has 2 aromatic heterocycles. The molecule has 0 saturated carbocycles. The van der Waals surface area contributed by atoms with Crippen molar-refractivity contribution in [2.45, 2.75) is 0 Å². The summed E-state index contributed by atoms with van der Waals surface area (Å²) in [5, 5.41) is 3.85. The highest BCUT2D eigenvalue weighted by atomic mass is 15.0. The van der Waals surface area contributed by atoms with Crippen LogP contribution < -0.4 is 0 Å². The predicted octanol–water partition coefficient (Wildman–Crippen LogP) is 6.93. The van der Waals surface area contributed by atoms with Gasteiger partial charge in [0.05, 0.1) is 11.0 Å². The largest absolute Gasteiger partial charge is 0.361 e. The van der Waals surface area contributed by atoms with E-state index in [2.05, 4.69) is 107 Å². The Morgan fingerprint density at radius 3 is 2.18 bits per heavy atom. The van der Waals surface area contributed by atoms with Gasteiger partial charge in [-0.1, -0.05) is 66.7 Å². The van der Waals surface area contributed by atoms with Crippen molar-refractivity contribution in [2.75, 3.05) is 0 Å². The average Bonchev–Trinajstić information content (AvgIpc) is 3.36. The molecule has 28 heavy (non-hydrogen) atoms. The van der Waals surface area contributed by atoms with Crippen LogP contribution in [-0.4, -0.2) is 9.55 Å². The summed E-state index contributed by atoms with van der Waals surface area (Å²) in [6.07, 6.45) is 2.04. The van der Waals surface area contributed by atoms with Crippen LogP contribution in [0.1, 0.15) is 0 Å². The normalized spacial score (nSPS) is 11.6. The van der Waals surface area contributed by atoms with Crippen LogP contribution >= 0.6 is 0 Å². The van der Waals surface area contributed by atoms with E-state index in [-0.39, 0.29) is 0 Å². The molecule has 6 aromatic rings. The van der Waals surface area contributed by atoms with Gasteiger partial charge in [0.15, 0.2) is 0 Å². The molecule has 6 rings (SSSR count). The Bertz CT molecular complexity index is 1440. The fraction of sp³-hybridized carbons (Fsp3) is 0.